The Kier molecular flexibility index (Phi) is 9.57. The molecule has 0 unspecified atom stereocenters. The summed E-state index contributed by atoms with van der Waals surface area (Å²) in [5, 5.41) is 0.358. The Morgan fingerprint density at radius 3 is 2.02 bits per heavy atom. The average Bonchev–Trinajstić information content (AvgIpc) is 2.98. The van der Waals surface area contributed by atoms with Crippen LogP contribution in [0.1, 0.15) is 75.3 Å². The predicted octanol–water partition coefficient (Wildman–Crippen LogP) is 11.9. The predicted molar refractivity (Wildman–Crippen MR) is 162 cm³/mol. The molecular weight excluding hydrogens is 560 g/mol. The van der Waals surface area contributed by atoms with Crippen molar-refractivity contribution in [3.63, 3.8) is 0 Å². The van der Waals surface area contributed by atoms with E-state index in [9.17, 15) is 13.2 Å². The van der Waals surface area contributed by atoms with Crippen LogP contribution >= 0.6 is 11.6 Å². The number of halogens is 5. The first-order chi connectivity index (χ1) is 20.2. The van der Waals surface area contributed by atoms with Gasteiger partial charge >= 0.3 is 6.11 Å². The lowest BCUT2D eigenvalue weighted by molar-refractivity contribution is -0.187. The molecule has 4 aromatic rings. The first-order valence-electron chi connectivity index (χ1n) is 14.8. The van der Waals surface area contributed by atoms with Crippen LogP contribution in [0.5, 0.6) is 5.75 Å². The molecule has 0 amide bonds. The van der Waals surface area contributed by atoms with Crippen molar-refractivity contribution in [2.45, 2.75) is 70.3 Å². The van der Waals surface area contributed by atoms with Gasteiger partial charge in [0.1, 0.15) is 17.4 Å². The molecule has 0 radical (unpaired) electrons. The third-order valence-corrected chi connectivity index (χ3v) is 8.65. The summed E-state index contributed by atoms with van der Waals surface area (Å²) < 4.78 is 64.2. The molecular formula is C36H35ClF4O. The normalized spacial score (nSPS) is 17.3. The molecule has 1 aliphatic rings. The van der Waals surface area contributed by atoms with Crippen LogP contribution in [-0.4, -0.2) is 0 Å². The standard InChI is InChI=1S/C36H35ClF4O/c1-2-3-4-5-24-6-8-25(9-7-24)26-10-12-27(13-11-26)28-14-20-32(34(38)22-28)29-15-21-33(35(39)23-29)36(40,41)42-31-18-16-30(37)17-19-31/h10-25H,2-9H2,1H3. The summed E-state index contributed by atoms with van der Waals surface area (Å²) in [6.45, 7) is 2.25. The summed E-state index contributed by atoms with van der Waals surface area (Å²) in [6.07, 6.45) is 6.36. The van der Waals surface area contributed by atoms with Gasteiger partial charge in [0.25, 0.3) is 0 Å². The molecule has 1 nitrogen and oxygen atoms in total. The van der Waals surface area contributed by atoms with Crippen LogP contribution in [0.25, 0.3) is 22.3 Å². The first-order valence-corrected chi connectivity index (χ1v) is 15.1. The minimum absolute atomic E-state index is 0.124. The maximum atomic E-state index is 15.2. The van der Waals surface area contributed by atoms with Crippen molar-refractivity contribution < 1.29 is 22.3 Å². The highest BCUT2D eigenvalue weighted by Gasteiger charge is 2.38. The van der Waals surface area contributed by atoms with Crippen LogP contribution in [-0.2, 0) is 6.11 Å². The molecule has 0 aromatic heterocycles. The molecule has 1 saturated carbocycles. The van der Waals surface area contributed by atoms with Crippen molar-refractivity contribution in [2.24, 2.45) is 5.92 Å². The molecule has 5 rings (SSSR count). The van der Waals surface area contributed by atoms with E-state index in [1.165, 1.54) is 93.3 Å². The van der Waals surface area contributed by atoms with Gasteiger partial charge in [-0.15, -0.1) is 0 Å². The fourth-order valence-electron chi connectivity index (χ4n) is 5.97. The SMILES string of the molecule is CCCCCC1CCC(c2ccc(-c3ccc(-c4ccc(C(F)(F)Oc5ccc(Cl)cc5)c(F)c4)c(F)c3)cc2)CC1. The largest absolute Gasteiger partial charge is 0.429 e. The highest BCUT2D eigenvalue weighted by atomic mass is 35.5. The van der Waals surface area contributed by atoms with Crippen LogP contribution < -0.4 is 4.74 Å². The zero-order valence-electron chi connectivity index (χ0n) is 23.7. The maximum absolute atomic E-state index is 15.2. The van der Waals surface area contributed by atoms with Crippen molar-refractivity contribution in [3.05, 3.63) is 113 Å². The number of alkyl halides is 2. The van der Waals surface area contributed by atoms with Crippen LogP contribution in [0.15, 0.2) is 84.9 Å². The van der Waals surface area contributed by atoms with Crippen molar-refractivity contribution in [1.29, 1.82) is 0 Å². The van der Waals surface area contributed by atoms with Crippen molar-refractivity contribution in [2.75, 3.05) is 0 Å². The van der Waals surface area contributed by atoms with Crippen molar-refractivity contribution in [3.8, 4) is 28.0 Å². The molecule has 42 heavy (non-hydrogen) atoms. The van der Waals surface area contributed by atoms with Crippen LogP contribution in [0, 0.1) is 17.6 Å². The van der Waals surface area contributed by atoms with Crippen LogP contribution in [0.2, 0.25) is 5.02 Å². The number of benzene rings is 4. The molecule has 4 aromatic carbocycles. The Balaban J connectivity index is 1.25. The molecule has 6 heteroatoms. The summed E-state index contributed by atoms with van der Waals surface area (Å²) in [6, 6.07) is 21.5. The molecule has 0 bridgehead atoms. The number of unbranched alkanes of at least 4 members (excludes halogenated alkanes) is 2. The van der Waals surface area contributed by atoms with Gasteiger partial charge in [0, 0.05) is 10.6 Å². The highest BCUT2D eigenvalue weighted by Crippen LogP contribution is 2.39. The number of rotatable bonds is 10. The Hall–Kier alpha value is -3.31. The molecule has 1 fully saturated rings. The van der Waals surface area contributed by atoms with E-state index in [-0.39, 0.29) is 16.9 Å². The van der Waals surface area contributed by atoms with E-state index in [1.54, 1.807) is 12.1 Å². The second-order valence-corrected chi connectivity index (χ2v) is 11.7. The molecule has 0 N–H and O–H groups in total. The zero-order chi connectivity index (χ0) is 29.7. The molecule has 0 spiro atoms. The van der Waals surface area contributed by atoms with Gasteiger partial charge in [-0.25, -0.2) is 8.78 Å². The van der Waals surface area contributed by atoms with E-state index < -0.39 is 23.3 Å². The average molecular weight is 595 g/mol. The lowest BCUT2D eigenvalue weighted by Gasteiger charge is -2.29. The van der Waals surface area contributed by atoms with Gasteiger partial charge < -0.3 is 4.74 Å². The highest BCUT2D eigenvalue weighted by molar-refractivity contribution is 6.30. The van der Waals surface area contributed by atoms with Crippen molar-refractivity contribution in [1.82, 2.24) is 0 Å². The van der Waals surface area contributed by atoms with Crippen LogP contribution in [0.4, 0.5) is 17.6 Å². The summed E-state index contributed by atoms with van der Waals surface area (Å²) in [7, 11) is 0. The summed E-state index contributed by atoms with van der Waals surface area (Å²) in [5.74, 6) is -0.484. The molecule has 220 valence electrons. The second kappa shape index (κ2) is 13.3. The van der Waals surface area contributed by atoms with E-state index >= 15 is 4.39 Å². The van der Waals surface area contributed by atoms with Gasteiger partial charge in [-0.1, -0.05) is 86.7 Å². The lowest BCUT2D eigenvalue weighted by Crippen LogP contribution is -2.23. The molecule has 1 aliphatic carbocycles. The maximum Gasteiger partial charge on any atom is 0.429 e. The molecule has 0 atom stereocenters. The topological polar surface area (TPSA) is 9.23 Å². The molecule has 0 aliphatic heterocycles. The Bertz CT molecular complexity index is 1480. The quantitative estimate of drug-likeness (QED) is 0.131. The van der Waals surface area contributed by atoms with E-state index in [0.29, 0.717) is 16.5 Å². The third kappa shape index (κ3) is 7.18. The van der Waals surface area contributed by atoms with E-state index in [1.807, 2.05) is 12.1 Å². The Morgan fingerprint density at radius 2 is 1.38 bits per heavy atom. The Morgan fingerprint density at radius 1 is 0.738 bits per heavy atom. The van der Waals surface area contributed by atoms with E-state index in [2.05, 4.69) is 19.1 Å². The van der Waals surface area contributed by atoms with Gasteiger partial charge in [0.2, 0.25) is 0 Å². The first kappa shape index (κ1) is 30.2. The lowest BCUT2D eigenvalue weighted by atomic mass is 9.77. The molecule has 0 saturated heterocycles. The van der Waals surface area contributed by atoms with Gasteiger partial charge in [-0.3, -0.25) is 0 Å². The minimum atomic E-state index is -3.93. The molecule has 0 heterocycles. The van der Waals surface area contributed by atoms with Gasteiger partial charge in [0.05, 0.1) is 5.56 Å². The monoisotopic (exact) mass is 594 g/mol. The van der Waals surface area contributed by atoms with Gasteiger partial charge in [0.15, 0.2) is 0 Å². The summed E-state index contributed by atoms with van der Waals surface area (Å²) >= 11 is 5.78. The van der Waals surface area contributed by atoms with Gasteiger partial charge in [-0.2, -0.15) is 8.78 Å². The number of ether oxygens (including phenoxy) is 1. The fourth-order valence-corrected chi connectivity index (χ4v) is 6.09. The van der Waals surface area contributed by atoms with E-state index in [0.717, 1.165) is 23.6 Å². The van der Waals surface area contributed by atoms with Crippen molar-refractivity contribution >= 4 is 11.6 Å². The fraction of sp³-hybridized carbons (Fsp3) is 0.333. The second-order valence-electron chi connectivity index (χ2n) is 11.3. The smallest absolute Gasteiger partial charge is 0.429 e. The number of hydrogen-bond acceptors (Lipinski definition) is 1. The van der Waals surface area contributed by atoms with Crippen LogP contribution in [0.3, 0.4) is 0 Å². The minimum Gasteiger partial charge on any atom is -0.429 e. The third-order valence-electron chi connectivity index (χ3n) is 8.40. The Labute approximate surface area is 250 Å². The van der Waals surface area contributed by atoms with E-state index in [4.69, 9.17) is 16.3 Å². The zero-order valence-corrected chi connectivity index (χ0v) is 24.4. The summed E-state index contributed by atoms with van der Waals surface area (Å²) in [4.78, 5) is 0. The summed E-state index contributed by atoms with van der Waals surface area (Å²) in [5.41, 5.74) is 2.25. The number of hydrogen-bond donors (Lipinski definition) is 0. The van der Waals surface area contributed by atoms with Gasteiger partial charge in [-0.05, 0) is 102 Å².